The lowest BCUT2D eigenvalue weighted by atomic mass is 10.2. The smallest absolute Gasteiger partial charge is 0.409 e. The van der Waals surface area contributed by atoms with Crippen molar-refractivity contribution in [3.63, 3.8) is 0 Å². The van der Waals surface area contributed by atoms with Crippen LogP contribution < -0.4 is 15.0 Å². The van der Waals surface area contributed by atoms with E-state index < -0.39 is 0 Å². The number of carbonyl (C=O) groups excluding carboxylic acids is 1. The largest absolute Gasteiger partial charge is 0.492 e. The number of rotatable bonds is 7. The number of hydrogen-bond acceptors (Lipinski definition) is 5. The van der Waals surface area contributed by atoms with Gasteiger partial charge >= 0.3 is 6.09 Å². The van der Waals surface area contributed by atoms with E-state index in [1.807, 2.05) is 26.0 Å². The van der Waals surface area contributed by atoms with E-state index in [-0.39, 0.29) is 12.2 Å². The molecule has 0 aromatic heterocycles. The highest BCUT2D eigenvalue weighted by atomic mass is 16.6. The highest BCUT2D eigenvalue weighted by Gasteiger charge is 2.13. The Bertz CT molecular complexity index is 501. The van der Waals surface area contributed by atoms with Gasteiger partial charge in [0.25, 0.3) is 0 Å². The number of hydrogen-bond donors (Lipinski definition) is 1. The van der Waals surface area contributed by atoms with Crippen LogP contribution in [-0.2, 0) is 4.74 Å². The molecule has 6 heteroatoms. The molecule has 0 bridgehead atoms. The molecule has 0 spiro atoms. The van der Waals surface area contributed by atoms with E-state index in [1.54, 1.807) is 11.9 Å². The molecule has 134 valence electrons. The summed E-state index contributed by atoms with van der Waals surface area (Å²) in [5, 5.41) is 3.35. The maximum atomic E-state index is 11.8. The van der Waals surface area contributed by atoms with Crippen molar-refractivity contribution in [1.29, 1.82) is 0 Å². The molecule has 1 unspecified atom stereocenters. The maximum absolute atomic E-state index is 11.8. The highest BCUT2D eigenvalue weighted by Crippen LogP contribution is 2.19. The van der Waals surface area contributed by atoms with Gasteiger partial charge in [-0.25, -0.2) is 4.79 Å². The number of benzene rings is 1. The summed E-state index contributed by atoms with van der Waals surface area (Å²) in [5.41, 5.74) is 1.22. The molecule has 1 saturated heterocycles. The van der Waals surface area contributed by atoms with E-state index in [0.717, 1.165) is 38.3 Å². The Balaban J connectivity index is 1.73. The topological polar surface area (TPSA) is 54.0 Å². The molecule has 1 amide bonds. The lowest BCUT2D eigenvalue weighted by molar-refractivity contribution is 0.0716. The van der Waals surface area contributed by atoms with Crippen LogP contribution in [-0.4, -0.2) is 63.5 Å². The number of amides is 1. The molecule has 1 N–H and O–H groups in total. The van der Waals surface area contributed by atoms with Crippen LogP contribution in [0.4, 0.5) is 10.5 Å². The van der Waals surface area contributed by atoms with Crippen molar-refractivity contribution in [3.05, 3.63) is 24.3 Å². The molecule has 1 atom stereocenters. The molecule has 24 heavy (non-hydrogen) atoms. The number of anilines is 1. The van der Waals surface area contributed by atoms with E-state index in [1.165, 1.54) is 5.69 Å². The van der Waals surface area contributed by atoms with Gasteiger partial charge in [-0.3, -0.25) is 0 Å². The molecule has 1 aromatic carbocycles. The fourth-order valence-electron chi connectivity index (χ4n) is 2.41. The van der Waals surface area contributed by atoms with E-state index in [4.69, 9.17) is 9.47 Å². The van der Waals surface area contributed by atoms with Gasteiger partial charge in [0.1, 0.15) is 18.5 Å². The lowest BCUT2D eigenvalue weighted by Gasteiger charge is -2.29. The van der Waals surface area contributed by atoms with Crippen LogP contribution in [0.25, 0.3) is 0 Å². The van der Waals surface area contributed by atoms with Crippen molar-refractivity contribution in [2.45, 2.75) is 26.4 Å². The first-order valence-corrected chi connectivity index (χ1v) is 8.70. The number of ether oxygens (including phenoxy) is 2. The summed E-state index contributed by atoms with van der Waals surface area (Å²) in [6, 6.07) is 8.13. The molecular formula is C18H29N3O3. The minimum atomic E-state index is -0.304. The molecule has 1 fully saturated rings. The molecule has 1 heterocycles. The van der Waals surface area contributed by atoms with E-state index in [9.17, 15) is 4.79 Å². The van der Waals surface area contributed by atoms with Crippen molar-refractivity contribution < 1.29 is 14.3 Å². The molecule has 0 radical (unpaired) electrons. The standard InChI is InChI=1S/C18H29N3O3/c1-4-15(2)24-18(22)20(3)13-14-23-17-7-5-16(6-8-17)21-11-9-19-10-12-21/h5-8,15,19H,4,9-14H2,1-3H3. The van der Waals surface area contributed by atoms with Gasteiger partial charge in [0.2, 0.25) is 0 Å². The monoisotopic (exact) mass is 335 g/mol. The first-order valence-electron chi connectivity index (χ1n) is 8.70. The molecule has 1 aliphatic heterocycles. The SMILES string of the molecule is CCC(C)OC(=O)N(C)CCOc1ccc(N2CCNCC2)cc1. The third-order valence-corrected chi connectivity index (χ3v) is 4.20. The number of nitrogens with one attached hydrogen (secondary N) is 1. The summed E-state index contributed by atoms with van der Waals surface area (Å²) >= 11 is 0. The summed E-state index contributed by atoms with van der Waals surface area (Å²) in [7, 11) is 1.72. The Labute approximate surface area is 144 Å². The number of likely N-dealkylation sites (N-methyl/N-ethyl adjacent to an activating group) is 1. The van der Waals surface area contributed by atoms with Gasteiger partial charge < -0.3 is 24.6 Å². The van der Waals surface area contributed by atoms with Crippen LogP contribution in [0.1, 0.15) is 20.3 Å². The van der Waals surface area contributed by atoms with Gasteiger partial charge in [-0.2, -0.15) is 0 Å². The van der Waals surface area contributed by atoms with Gasteiger partial charge in [0.05, 0.1) is 6.54 Å². The zero-order valence-electron chi connectivity index (χ0n) is 15.0. The molecule has 0 aliphatic carbocycles. The molecule has 1 aromatic rings. The average molecular weight is 335 g/mol. The molecule has 1 aliphatic rings. The predicted octanol–water partition coefficient (Wildman–Crippen LogP) is 2.34. The Morgan fingerprint density at radius 1 is 1.29 bits per heavy atom. The van der Waals surface area contributed by atoms with Crippen LogP contribution in [0, 0.1) is 0 Å². The van der Waals surface area contributed by atoms with E-state index >= 15 is 0 Å². The predicted molar refractivity (Wildman–Crippen MR) is 95.9 cm³/mol. The number of nitrogens with zero attached hydrogens (tertiary/aromatic N) is 2. The second-order valence-electron chi connectivity index (χ2n) is 6.10. The van der Waals surface area contributed by atoms with Crippen LogP contribution in [0.15, 0.2) is 24.3 Å². The van der Waals surface area contributed by atoms with Crippen molar-refractivity contribution in [2.24, 2.45) is 0 Å². The first-order chi connectivity index (χ1) is 11.6. The minimum Gasteiger partial charge on any atom is -0.492 e. The van der Waals surface area contributed by atoms with Crippen LogP contribution in [0.3, 0.4) is 0 Å². The van der Waals surface area contributed by atoms with Crippen LogP contribution in [0.5, 0.6) is 5.75 Å². The van der Waals surface area contributed by atoms with Crippen molar-refractivity contribution in [1.82, 2.24) is 10.2 Å². The third-order valence-electron chi connectivity index (χ3n) is 4.20. The highest BCUT2D eigenvalue weighted by molar-refractivity contribution is 5.67. The quantitative estimate of drug-likeness (QED) is 0.829. The van der Waals surface area contributed by atoms with Gasteiger partial charge in [-0.1, -0.05) is 6.92 Å². The molecule has 6 nitrogen and oxygen atoms in total. The molecular weight excluding hydrogens is 306 g/mol. The Morgan fingerprint density at radius 3 is 2.58 bits per heavy atom. The summed E-state index contributed by atoms with van der Waals surface area (Å²) in [4.78, 5) is 15.7. The summed E-state index contributed by atoms with van der Waals surface area (Å²) in [5.74, 6) is 0.817. The maximum Gasteiger partial charge on any atom is 0.409 e. The molecule has 2 rings (SSSR count). The van der Waals surface area contributed by atoms with Gasteiger partial charge in [0, 0.05) is 38.9 Å². The van der Waals surface area contributed by atoms with Crippen molar-refractivity contribution in [3.8, 4) is 5.75 Å². The fraction of sp³-hybridized carbons (Fsp3) is 0.611. The number of carbonyl (C=O) groups is 1. The summed E-state index contributed by atoms with van der Waals surface area (Å²) in [6.45, 7) is 8.93. The van der Waals surface area contributed by atoms with Crippen molar-refractivity contribution in [2.75, 3.05) is 51.3 Å². The van der Waals surface area contributed by atoms with Gasteiger partial charge in [0.15, 0.2) is 0 Å². The average Bonchev–Trinajstić information content (AvgIpc) is 2.62. The van der Waals surface area contributed by atoms with Crippen LogP contribution >= 0.6 is 0 Å². The third kappa shape index (κ3) is 5.60. The normalized spacial score (nSPS) is 15.7. The second kappa shape index (κ2) is 9.37. The van der Waals surface area contributed by atoms with Gasteiger partial charge in [-0.05, 0) is 37.6 Å². The zero-order chi connectivity index (χ0) is 17.4. The molecule has 0 saturated carbocycles. The van der Waals surface area contributed by atoms with Crippen LogP contribution in [0.2, 0.25) is 0 Å². The Kier molecular flexibility index (Phi) is 7.18. The fourth-order valence-corrected chi connectivity index (χ4v) is 2.41. The lowest BCUT2D eigenvalue weighted by Crippen LogP contribution is -2.43. The van der Waals surface area contributed by atoms with Gasteiger partial charge in [-0.15, -0.1) is 0 Å². The van der Waals surface area contributed by atoms with E-state index in [0.29, 0.717) is 13.2 Å². The Hall–Kier alpha value is -1.95. The minimum absolute atomic E-state index is 0.0570. The first kappa shape index (κ1) is 18.4. The summed E-state index contributed by atoms with van der Waals surface area (Å²) < 4.78 is 11.0. The second-order valence-corrected chi connectivity index (χ2v) is 6.10. The Morgan fingerprint density at radius 2 is 1.96 bits per heavy atom. The summed E-state index contributed by atoms with van der Waals surface area (Å²) in [6.07, 6.45) is 0.454. The van der Waals surface area contributed by atoms with E-state index in [2.05, 4.69) is 22.3 Å². The zero-order valence-corrected chi connectivity index (χ0v) is 15.0. The van der Waals surface area contributed by atoms with Crippen molar-refractivity contribution >= 4 is 11.8 Å². The number of piperazine rings is 1.